The van der Waals surface area contributed by atoms with Crippen molar-refractivity contribution in [2.75, 3.05) is 6.54 Å². The summed E-state index contributed by atoms with van der Waals surface area (Å²) in [4.78, 5) is 10.4. The monoisotopic (exact) mass is 113 g/mol. The lowest BCUT2D eigenvalue weighted by Crippen LogP contribution is -2.27. The molecule has 0 bridgehead atoms. The normalized spacial score (nSPS) is 19.5. The molecule has 0 spiro atoms. The maximum atomic E-state index is 10.4. The lowest BCUT2D eigenvalue weighted by molar-refractivity contribution is -0.141. The van der Waals surface area contributed by atoms with E-state index >= 15 is 0 Å². The zero-order valence-corrected chi connectivity index (χ0v) is 4.44. The zero-order chi connectivity index (χ0) is 5.98. The molecule has 1 aliphatic rings. The smallest absolute Gasteiger partial charge is 0.314 e. The van der Waals surface area contributed by atoms with Gasteiger partial charge >= 0.3 is 5.97 Å². The molecule has 1 saturated heterocycles. The quantitative estimate of drug-likeness (QED) is 0.449. The van der Waals surface area contributed by atoms with Crippen molar-refractivity contribution < 1.29 is 9.53 Å². The van der Waals surface area contributed by atoms with E-state index in [1.165, 1.54) is 0 Å². The molecule has 8 heavy (non-hydrogen) atoms. The Kier molecular flexibility index (Phi) is 1.20. The molecule has 3 heteroatoms. The predicted octanol–water partition coefficient (Wildman–Crippen LogP) is -0.00590. The van der Waals surface area contributed by atoms with Gasteiger partial charge in [0.05, 0.1) is 6.42 Å². The minimum absolute atomic E-state index is 0.200. The highest BCUT2D eigenvalue weighted by atomic mass is 16.5. The summed E-state index contributed by atoms with van der Waals surface area (Å²) >= 11 is 0. The number of hydrogen-bond acceptors (Lipinski definition) is 3. The van der Waals surface area contributed by atoms with Crippen molar-refractivity contribution in [2.45, 2.75) is 6.42 Å². The van der Waals surface area contributed by atoms with Crippen molar-refractivity contribution in [1.82, 2.24) is 5.32 Å². The van der Waals surface area contributed by atoms with Gasteiger partial charge in [0, 0.05) is 6.54 Å². The van der Waals surface area contributed by atoms with Crippen LogP contribution in [0.5, 0.6) is 0 Å². The Bertz CT molecular complexity index is 116. The number of rotatable bonds is 0. The number of carbonyl (C=O) groups excluding carboxylic acids is 1. The minimum Gasteiger partial charge on any atom is -0.410 e. The van der Waals surface area contributed by atoms with Crippen LogP contribution in [0.3, 0.4) is 0 Å². The Labute approximate surface area is 47.3 Å². The van der Waals surface area contributed by atoms with E-state index in [9.17, 15) is 4.79 Å². The Balaban J connectivity index is 2.45. The van der Waals surface area contributed by atoms with E-state index in [4.69, 9.17) is 0 Å². The molecule has 0 aliphatic carbocycles. The molecule has 0 saturated carbocycles. The number of ether oxygens (including phenoxy) is 1. The van der Waals surface area contributed by atoms with Gasteiger partial charge in [0.1, 0.15) is 0 Å². The third-order valence-corrected chi connectivity index (χ3v) is 0.888. The van der Waals surface area contributed by atoms with Crippen LogP contribution in [0.15, 0.2) is 12.5 Å². The molecule has 0 amide bonds. The standard InChI is InChI=1S/C5H7NO2/c1-4-6-3-2-5(7)8-4/h6H,1-3H2. The highest BCUT2D eigenvalue weighted by Crippen LogP contribution is 1.98. The first kappa shape index (κ1) is 5.15. The minimum atomic E-state index is -0.200. The summed E-state index contributed by atoms with van der Waals surface area (Å²) < 4.78 is 4.54. The molecule has 0 aromatic heterocycles. The molecule has 1 N–H and O–H groups in total. The van der Waals surface area contributed by atoms with Gasteiger partial charge < -0.3 is 10.1 Å². The van der Waals surface area contributed by atoms with Crippen molar-refractivity contribution in [3.8, 4) is 0 Å². The molecule has 1 heterocycles. The molecule has 1 aliphatic heterocycles. The number of hydrogen-bond donors (Lipinski definition) is 1. The fourth-order valence-corrected chi connectivity index (χ4v) is 0.529. The van der Waals surface area contributed by atoms with Gasteiger partial charge in [-0.15, -0.1) is 0 Å². The van der Waals surface area contributed by atoms with Gasteiger partial charge in [-0.05, 0) is 6.58 Å². The van der Waals surface area contributed by atoms with Crippen LogP contribution in [0, 0.1) is 0 Å². The van der Waals surface area contributed by atoms with Gasteiger partial charge in [0.15, 0.2) is 5.88 Å². The van der Waals surface area contributed by atoms with Gasteiger partial charge in [-0.1, -0.05) is 0 Å². The molecule has 1 fully saturated rings. The van der Waals surface area contributed by atoms with Gasteiger partial charge in [-0.25, -0.2) is 0 Å². The van der Waals surface area contributed by atoms with Crippen LogP contribution in [0.1, 0.15) is 6.42 Å². The van der Waals surface area contributed by atoms with Gasteiger partial charge in [-0.2, -0.15) is 0 Å². The second kappa shape index (κ2) is 1.86. The second-order valence-corrected chi connectivity index (χ2v) is 1.57. The summed E-state index contributed by atoms with van der Waals surface area (Å²) in [6.07, 6.45) is 0.443. The zero-order valence-electron chi connectivity index (χ0n) is 4.44. The van der Waals surface area contributed by atoms with E-state index in [1.807, 2.05) is 0 Å². The highest BCUT2D eigenvalue weighted by molar-refractivity contribution is 5.71. The summed E-state index contributed by atoms with van der Waals surface area (Å²) in [5.74, 6) is 0.162. The van der Waals surface area contributed by atoms with E-state index in [0.717, 1.165) is 0 Å². The average molecular weight is 113 g/mol. The lowest BCUT2D eigenvalue weighted by atomic mass is 10.4. The molecular weight excluding hydrogens is 106 g/mol. The van der Waals surface area contributed by atoms with Crippen LogP contribution in [-0.4, -0.2) is 12.5 Å². The molecule has 0 unspecified atom stereocenters. The first-order chi connectivity index (χ1) is 3.79. The SMILES string of the molecule is C=C1NCCC(=O)O1. The molecule has 0 aromatic carbocycles. The highest BCUT2D eigenvalue weighted by Gasteiger charge is 2.09. The molecule has 0 atom stereocenters. The summed E-state index contributed by atoms with van der Waals surface area (Å²) in [5.41, 5.74) is 0. The van der Waals surface area contributed by atoms with E-state index in [2.05, 4.69) is 16.6 Å². The van der Waals surface area contributed by atoms with Gasteiger partial charge in [0.25, 0.3) is 0 Å². The third kappa shape index (κ3) is 0.992. The molecule has 44 valence electrons. The fraction of sp³-hybridized carbons (Fsp3) is 0.400. The van der Waals surface area contributed by atoms with Crippen molar-refractivity contribution in [3.05, 3.63) is 12.5 Å². The molecule has 0 radical (unpaired) electrons. The Morgan fingerprint density at radius 1 is 1.75 bits per heavy atom. The number of cyclic esters (lactones) is 1. The van der Waals surface area contributed by atoms with Crippen LogP contribution >= 0.6 is 0 Å². The van der Waals surface area contributed by atoms with Crippen LogP contribution in [-0.2, 0) is 9.53 Å². The number of esters is 1. The fourth-order valence-electron chi connectivity index (χ4n) is 0.529. The van der Waals surface area contributed by atoms with Gasteiger partial charge in [-0.3, -0.25) is 4.79 Å². The Morgan fingerprint density at radius 2 is 2.50 bits per heavy atom. The molecular formula is C5H7NO2. The molecule has 3 nitrogen and oxygen atoms in total. The van der Waals surface area contributed by atoms with Gasteiger partial charge in [0.2, 0.25) is 0 Å². The van der Waals surface area contributed by atoms with E-state index in [1.54, 1.807) is 0 Å². The third-order valence-electron chi connectivity index (χ3n) is 0.888. The summed E-state index contributed by atoms with van der Waals surface area (Å²) in [7, 11) is 0. The van der Waals surface area contributed by atoms with E-state index in [-0.39, 0.29) is 5.97 Å². The van der Waals surface area contributed by atoms with Crippen molar-refractivity contribution >= 4 is 5.97 Å². The van der Waals surface area contributed by atoms with E-state index < -0.39 is 0 Å². The van der Waals surface area contributed by atoms with Crippen molar-refractivity contribution in [2.24, 2.45) is 0 Å². The maximum Gasteiger partial charge on any atom is 0.314 e. The second-order valence-electron chi connectivity index (χ2n) is 1.57. The summed E-state index contributed by atoms with van der Waals surface area (Å²) in [5, 5.41) is 2.77. The van der Waals surface area contributed by atoms with Crippen LogP contribution in [0.4, 0.5) is 0 Å². The van der Waals surface area contributed by atoms with Crippen LogP contribution < -0.4 is 5.32 Å². The number of nitrogens with one attached hydrogen (secondary N) is 1. The van der Waals surface area contributed by atoms with Crippen LogP contribution in [0.25, 0.3) is 0 Å². The average Bonchev–Trinajstić information content (AvgIpc) is 1.64. The summed E-state index contributed by atoms with van der Waals surface area (Å²) in [6, 6.07) is 0. The predicted molar refractivity (Wildman–Crippen MR) is 27.9 cm³/mol. The summed E-state index contributed by atoms with van der Waals surface area (Å²) in [6.45, 7) is 4.06. The first-order valence-corrected chi connectivity index (χ1v) is 2.42. The number of carbonyl (C=O) groups is 1. The first-order valence-electron chi connectivity index (χ1n) is 2.42. The topological polar surface area (TPSA) is 38.3 Å². The van der Waals surface area contributed by atoms with Crippen LogP contribution in [0.2, 0.25) is 0 Å². The Morgan fingerprint density at radius 3 is 2.88 bits per heavy atom. The Hall–Kier alpha value is -0.990. The van der Waals surface area contributed by atoms with Crippen molar-refractivity contribution in [3.63, 3.8) is 0 Å². The maximum absolute atomic E-state index is 10.4. The van der Waals surface area contributed by atoms with Crippen molar-refractivity contribution in [1.29, 1.82) is 0 Å². The van der Waals surface area contributed by atoms with E-state index in [0.29, 0.717) is 18.8 Å². The molecule has 0 aromatic rings. The largest absolute Gasteiger partial charge is 0.410 e. The molecule has 1 rings (SSSR count). The lowest BCUT2D eigenvalue weighted by Gasteiger charge is -2.13.